The Morgan fingerprint density at radius 3 is 2.52 bits per heavy atom. The largest absolute Gasteiger partial charge is 0.355 e. The molecule has 1 N–H and O–H groups in total. The second-order valence-electron chi connectivity index (χ2n) is 7.47. The minimum atomic E-state index is -0.371. The number of aromatic nitrogens is 1. The van der Waals surface area contributed by atoms with E-state index in [1.807, 2.05) is 72.8 Å². The van der Waals surface area contributed by atoms with Crippen molar-refractivity contribution in [3.05, 3.63) is 114 Å². The molecule has 33 heavy (non-hydrogen) atoms. The van der Waals surface area contributed by atoms with Crippen molar-refractivity contribution in [3.8, 4) is 11.3 Å². The Balaban J connectivity index is 1.32. The van der Waals surface area contributed by atoms with E-state index in [2.05, 4.69) is 10.5 Å². The van der Waals surface area contributed by atoms with E-state index in [0.717, 1.165) is 21.2 Å². The number of anilines is 1. The van der Waals surface area contributed by atoms with Gasteiger partial charge in [-0.3, -0.25) is 4.79 Å². The molecule has 162 valence electrons. The summed E-state index contributed by atoms with van der Waals surface area (Å²) in [5.74, 6) is 0.364. The lowest BCUT2D eigenvalue weighted by Crippen LogP contribution is -2.12. The predicted octanol–water partition coefficient (Wildman–Crippen LogP) is 7.18. The van der Waals surface area contributed by atoms with Gasteiger partial charge in [-0.1, -0.05) is 71.9 Å². The molecular formula is C27H19FN2O2S. The van der Waals surface area contributed by atoms with E-state index in [1.54, 1.807) is 18.2 Å². The van der Waals surface area contributed by atoms with Crippen LogP contribution in [-0.4, -0.2) is 11.1 Å². The zero-order valence-corrected chi connectivity index (χ0v) is 18.3. The minimum absolute atomic E-state index is 0.187. The van der Waals surface area contributed by atoms with Gasteiger partial charge in [-0.25, -0.2) is 4.39 Å². The van der Waals surface area contributed by atoms with Crippen LogP contribution < -0.4 is 5.32 Å². The summed E-state index contributed by atoms with van der Waals surface area (Å²) in [5.41, 5.74) is 2.28. The van der Waals surface area contributed by atoms with Crippen LogP contribution in [0.1, 0.15) is 16.1 Å². The summed E-state index contributed by atoms with van der Waals surface area (Å²) in [4.78, 5) is 13.7. The van der Waals surface area contributed by atoms with Crippen molar-refractivity contribution in [1.82, 2.24) is 5.16 Å². The Hall–Kier alpha value is -3.90. The number of amides is 1. The second kappa shape index (κ2) is 9.30. The summed E-state index contributed by atoms with van der Waals surface area (Å²) in [5, 5.41) is 9.07. The first-order chi connectivity index (χ1) is 16.2. The number of benzene rings is 4. The average Bonchev–Trinajstić information content (AvgIpc) is 3.35. The molecule has 0 saturated carbocycles. The summed E-state index contributed by atoms with van der Waals surface area (Å²) >= 11 is 1.46. The van der Waals surface area contributed by atoms with E-state index in [-0.39, 0.29) is 17.4 Å². The third-order valence-corrected chi connectivity index (χ3v) is 6.38. The number of thioether (sulfide) groups is 1. The van der Waals surface area contributed by atoms with Crippen LogP contribution >= 0.6 is 11.8 Å². The Kier molecular flexibility index (Phi) is 5.91. The SMILES string of the molecule is O=C(Nc1ccccc1SCc1ccccc1F)c1cc(-c2ccc3ccccc3c2)on1. The standard InChI is InChI=1S/C27H19FN2O2S/c28-22-10-4-3-9-21(22)17-33-26-12-6-5-11-23(26)29-27(31)24-16-25(32-30-24)20-14-13-18-7-1-2-8-19(18)15-20/h1-16H,17H2,(H,29,31). The molecule has 5 rings (SSSR count). The normalized spacial score (nSPS) is 10.9. The first-order valence-corrected chi connectivity index (χ1v) is 11.4. The molecule has 1 aromatic heterocycles. The lowest BCUT2D eigenvalue weighted by Gasteiger charge is -2.10. The van der Waals surface area contributed by atoms with Crippen LogP contribution in [0.4, 0.5) is 10.1 Å². The van der Waals surface area contributed by atoms with Gasteiger partial charge in [0.1, 0.15) is 5.82 Å². The van der Waals surface area contributed by atoms with Crippen LogP contribution in [0.5, 0.6) is 0 Å². The molecule has 0 spiro atoms. The van der Waals surface area contributed by atoms with Crippen molar-refractivity contribution in [2.45, 2.75) is 10.6 Å². The second-order valence-corrected chi connectivity index (χ2v) is 8.49. The molecule has 5 aromatic rings. The van der Waals surface area contributed by atoms with Crippen molar-refractivity contribution in [2.24, 2.45) is 0 Å². The van der Waals surface area contributed by atoms with Gasteiger partial charge in [-0.05, 0) is 40.6 Å². The minimum Gasteiger partial charge on any atom is -0.355 e. The van der Waals surface area contributed by atoms with E-state index in [4.69, 9.17) is 4.52 Å². The Labute approximate surface area is 194 Å². The van der Waals surface area contributed by atoms with Gasteiger partial charge in [0.25, 0.3) is 5.91 Å². The van der Waals surface area contributed by atoms with Crippen molar-refractivity contribution < 1.29 is 13.7 Å². The van der Waals surface area contributed by atoms with Crippen LogP contribution in [-0.2, 0) is 5.75 Å². The highest BCUT2D eigenvalue weighted by Gasteiger charge is 2.16. The Morgan fingerprint density at radius 1 is 0.879 bits per heavy atom. The zero-order chi connectivity index (χ0) is 22.6. The predicted molar refractivity (Wildman–Crippen MR) is 130 cm³/mol. The maximum absolute atomic E-state index is 14.0. The number of nitrogens with zero attached hydrogens (tertiary/aromatic N) is 1. The van der Waals surface area contributed by atoms with E-state index < -0.39 is 0 Å². The first kappa shape index (κ1) is 21.0. The Morgan fingerprint density at radius 2 is 1.64 bits per heavy atom. The number of rotatable bonds is 6. The number of hydrogen-bond acceptors (Lipinski definition) is 4. The summed E-state index contributed by atoms with van der Waals surface area (Å²) in [7, 11) is 0. The van der Waals surface area contributed by atoms with Crippen molar-refractivity contribution in [1.29, 1.82) is 0 Å². The van der Waals surface area contributed by atoms with Crippen LogP contribution in [0.25, 0.3) is 22.1 Å². The molecule has 0 aliphatic carbocycles. The van der Waals surface area contributed by atoms with E-state index in [0.29, 0.717) is 22.8 Å². The molecule has 0 saturated heterocycles. The van der Waals surface area contributed by atoms with Gasteiger partial charge in [0.05, 0.1) is 5.69 Å². The first-order valence-electron chi connectivity index (χ1n) is 10.4. The van der Waals surface area contributed by atoms with Gasteiger partial charge in [-0.15, -0.1) is 11.8 Å². The lowest BCUT2D eigenvalue weighted by molar-refractivity contribution is 0.101. The van der Waals surface area contributed by atoms with Crippen LogP contribution in [0, 0.1) is 5.82 Å². The fourth-order valence-electron chi connectivity index (χ4n) is 3.51. The smallest absolute Gasteiger partial charge is 0.277 e. The van der Waals surface area contributed by atoms with Gasteiger partial charge in [-0.2, -0.15) is 0 Å². The summed E-state index contributed by atoms with van der Waals surface area (Å²) in [6, 6.07) is 29.7. The number of carbonyl (C=O) groups excluding carboxylic acids is 1. The Bertz CT molecular complexity index is 1450. The highest BCUT2D eigenvalue weighted by atomic mass is 32.2. The maximum atomic E-state index is 14.0. The molecule has 0 radical (unpaired) electrons. The molecule has 1 amide bonds. The van der Waals surface area contributed by atoms with E-state index >= 15 is 0 Å². The zero-order valence-electron chi connectivity index (χ0n) is 17.5. The fourth-order valence-corrected chi connectivity index (χ4v) is 4.51. The number of fused-ring (bicyclic) bond motifs is 1. The highest BCUT2D eigenvalue weighted by Crippen LogP contribution is 2.31. The number of para-hydroxylation sites is 1. The molecular weight excluding hydrogens is 435 g/mol. The molecule has 0 unspecified atom stereocenters. The van der Waals surface area contributed by atoms with Crippen LogP contribution in [0.15, 0.2) is 106 Å². The quantitative estimate of drug-likeness (QED) is 0.276. The van der Waals surface area contributed by atoms with Crippen LogP contribution in [0.3, 0.4) is 0 Å². The third kappa shape index (κ3) is 4.66. The van der Waals surface area contributed by atoms with Gasteiger partial charge in [0.15, 0.2) is 11.5 Å². The van der Waals surface area contributed by atoms with Gasteiger partial charge in [0.2, 0.25) is 0 Å². The molecule has 6 heteroatoms. The number of carbonyl (C=O) groups is 1. The van der Waals surface area contributed by atoms with E-state index in [9.17, 15) is 9.18 Å². The lowest BCUT2D eigenvalue weighted by atomic mass is 10.1. The molecule has 4 nitrogen and oxygen atoms in total. The summed E-state index contributed by atoms with van der Waals surface area (Å²) in [6.07, 6.45) is 0. The molecule has 0 aliphatic rings. The van der Waals surface area contributed by atoms with Crippen molar-refractivity contribution in [3.63, 3.8) is 0 Å². The van der Waals surface area contributed by atoms with Crippen molar-refractivity contribution >= 4 is 34.1 Å². The third-order valence-electron chi connectivity index (χ3n) is 5.25. The molecule has 1 heterocycles. The fraction of sp³-hybridized carbons (Fsp3) is 0.0370. The summed E-state index contributed by atoms with van der Waals surface area (Å²) < 4.78 is 19.4. The molecule has 0 aliphatic heterocycles. The molecule has 0 bridgehead atoms. The molecule has 0 atom stereocenters. The average molecular weight is 455 g/mol. The number of hydrogen-bond donors (Lipinski definition) is 1. The van der Waals surface area contributed by atoms with Gasteiger partial charge in [0, 0.05) is 22.3 Å². The monoisotopic (exact) mass is 454 g/mol. The van der Waals surface area contributed by atoms with Crippen molar-refractivity contribution in [2.75, 3.05) is 5.32 Å². The maximum Gasteiger partial charge on any atom is 0.277 e. The molecule has 0 fully saturated rings. The van der Waals surface area contributed by atoms with Gasteiger partial charge >= 0.3 is 0 Å². The number of halogens is 1. The number of nitrogens with one attached hydrogen (secondary N) is 1. The van der Waals surface area contributed by atoms with Crippen LogP contribution in [0.2, 0.25) is 0 Å². The molecule has 4 aromatic carbocycles. The van der Waals surface area contributed by atoms with E-state index in [1.165, 1.54) is 17.8 Å². The highest BCUT2D eigenvalue weighted by molar-refractivity contribution is 7.98. The topological polar surface area (TPSA) is 55.1 Å². The van der Waals surface area contributed by atoms with Gasteiger partial charge < -0.3 is 9.84 Å². The summed E-state index contributed by atoms with van der Waals surface area (Å²) in [6.45, 7) is 0.